The summed E-state index contributed by atoms with van der Waals surface area (Å²) in [6.07, 6.45) is 0. The molecule has 2 rings (SSSR count). The first kappa shape index (κ1) is 11.0. The molecule has 0 bridgehead atoms. The van der Waals surface area contributed by atoms with Gasteiger partial charge in [-0.3, -0.25) is 0 Å². The molecular weight excluding hydrogens is 218 g/mol. The zero-order chi connectivity index (χ0) is 12.3. The van der Waals surface area contributed by atoms with E-state index in [2.05, 4.69) is 37.0 Å². The molecule has 7 nitrogen and oxygen atoms in total. The van der Waals surface area contributed by atoms with Gasteiger partial charge >= 0.3 is 0 Å². The Morgan fingerprint density at radius 2 is 2.29 bits per heavy atom. The maximum absolute atomic E-state index is 8.97. The van der Waals surface area contributed by atoms with Gasteiger partial charge in [-0.15, -0.1) is 10.2 Å². The van der Waals surface area contributed by atoms with Crippen LogP contribution in [0.2, 0.25) is 0 Å². The third-order valence-corrected chi connectivity index (χ3v) is 2.26. The van der Waals surface area contributed by atoms with E-state index in [0.717, 1.165) is 5.69 Å². The van der Waals surface area contributed by atoms with E-state index >= 15 is 0 Å². The summed E-state index contributed by atoms with van der Waals surface area (Å²) < 4.78 is 0. The summed E-state index contributed by atoms with van der Waals surface area (Å²) in [5.41, 5.74) is 1.33. The molecule has 7 heteroatoms. The number of nitrogens with zero attached hydrogens (tertiary/aromatic N) is 5. The fraction of sp³-hybridized carbons (Fsp3) is 0.300. The van der Waals surface area contributed by atoms with Crippen LogP contribution in [0.1, 0.15) is 30.0 Å². The van der Waals surface area contributed by atoms with Crippen molar-refractivity contribution in [1.29, 1.82) is 5.26 Å². The number of rotatable bonds is 3. The topological polar surface area (TPSA) is 103 Å². The molecule has 2 heterocycles. The van der Waals surface area contributed by atoms with E-state index < -0.39 is 0 Å². The van der Waals surface area contributed by atoms with Crippen molar-refractivity contribution in [2.75, 3.05) is 5.32 Å². The Kier molecular flexibility index (Phi) is 2.96. The summed E-state index contributed by atoms with van der Waals surface area (Å²) in [7, 11) is 0. The lowest BCUT2D eigenvalue weighted by Gasteiger charge is -2.12. The summed E-state index contributed by atoms with van der Waals surface area (Å²) >= 11 is 0. The zero-order valence-electron chi connectivity index (χ0n) is 9.47. The van der Waals surface area contributed by atoms with Crippen LogP contribution < -0.4 is 5.32 Å². The standard InChI is InChI=1S/C10H11N7/c1-6-3-4-8(5-11)10(12-6)13-7(2)9-14-16-17-15-9/h3-4,7H,1-2H3,(H,12,13)(H,14,15,16,17). The Bertz CT molecular complexity index is 540. The Morgan fingerprint density at radius 3 is 2.94 bits per heavy atom. The SMILES string of the molecule is Cc1ccc(C#N)c(NC(C)c2nn[nH]n2)n1. The molecule has 0 aliphatic carbocycles. The van der Waals surface area contributed by atoms with Gasteiger partial charge in [-0.2, -0.15) is 10.5 Å². The Morgan fingerprint density at radius 1 is 1.47 bits per heavy atom. The molecule has 86 valence electrons. The van der Waals surface area contributed by atoms with Crippen molar-refractivity contribution < 1.29 is 0 Å². The molecule has 0 aromatic carbocycles. The van der Waals surface area contributed by atoms with Crippen molar-refractivity contribution in [3.63, 3.8) is 0 Å². The van der Waals surface area contributed by atoms with Crippen LogP contribution in [0.15, 0.2) is 12.1 Å². The van der Waals surface area contributed by atoms with Gasteiger partial charge in [0, 0.05) is 5.69 Å². The van der Waals surface area contributed by atoms with Crippen molar-refractivity contribution in [3.05, 3.63) is 29.2 Å². The molecule has 0 fully saturated rings. The van der Waals surface area contributed by atoms with Crippen LogP contribution in [0.3, 0.4) is 0 Å². The molecule has 17 heavy (non-hydrogen) atoms. The molecule has 0 aliphatic heterocycles. The normalized spacial score (nSPS) is 11.8. The number of hydrogen-bond donors (Lipinski definition) is 2. The molecular formula is C10H11N7. The minimum absolute atomic E-state index is 0.171. The van der Waals surface area contributed by atoms with Crippen molar-refractivity contribution in [1.82, 2.24) is 25.6 Å². The largest absolute Gasteiger partial charge is 0.359 e. The first-order valence-corrected chi connectivity index (χ1v) is 5.08. The molecule has 2 aromatic heterocycles. The van der Waals surface area contributed by atoms with E-state index in [0.29, 0.717) is 17.2 Å². The fourth-order valence-corrected chi connectivity index (χ4v) is 1.38. The summed E-state index contributed by atoms with van der Waals surface area (Å²) in [5.74, 6) is 1.06. The second-order valence-electron chi connectivity index (χ2n) is 3.60. The highest BCUT2D eigenvalue weighted by Crippen LogP contribution is 2.17. The first-order valence-electron chi connectivity index (χ1n) is 5.08. The number of H-pyrrole nitrogens is 1. The van der Waals surface area contributed by atoms with Crippen LogP contribution in [0.5, 0.6) is 0 Å². The van der Waals surface area contributed by atoms with E-state index in [1.54, 1.807) is 12.1 Å². The van der Waals surface area contributed by atoms with E-state index in [9.17, 15) is 0 Å². The van der Waals surface area contributed by atoms with Gasteiger partial charge in [0.25, 0.3) is 0 Å². The number of nitriles is 1. The van der Waals surface area contributed by atoms with Crippen LogP contribution in [-0.4, -0.2) is 25.6 Å². The number of tetrazole rings is 1. The Balaban J connectivity index is 2.24. The van der Waals surface area contributed by atoms with Gasteiger partial charge in [-0.1, -0.05) is 5.21 Å². The van der Waals surface area contributed by atoms with Gasteiger partial charge in [-0.05, 0) is 26.0 Å². The molecule has 0 radical (unpaired) electrons. The maximum Gasteiger partial charge on any atom is 0.196 e. The van der Waals surface area contributed by atoms with Crippen LogP contribution in [0.25, 0.3) is 0 Å². The molecule has 0 saturated carbocycles. The molecule has 0 aliphatic rings. The molecule has 2 aromatic rings. The summed E-state index contributed by atoms with van der Waals surface area (Å²) in [6, 6.07) is 5.44. The second-order valence-corrected chi connectivity index (χ2v) is 3.60. The number of aromatic nitrogens is 5. The van der Waals surface area contributed by atoms with Crippen LogP contribution >= 0.6 is 0 Å². The monoisotopic (exact) mass is 229 g/mol. The lowest BCUT2D eigenvalue weighted by atomic mass is 10.2. The Hall–Kier alpha value is -2.49. The predicted molar refractivity (Wildman–Crippen MR) is 59.9 cm³/mol. The maximum atomic E-state index is 8.97. The van der Waals surface area contributed by atoms with Gasteiger partial charge in [0.05, 0.1) is 11.6 Å². The average Bonchev–Trinajstić information content (AvgIpc) is 2.83. The van der Waals surface area contributed by atoms with E-state index in [1.165, 1.54) is 0 Å². The highest BCUT2D eigenvalue weighted by Gasteiger charge is 2.13. The summed E-state index contributed by atoms with van der Waals surface area (Å²) in [4.78, 5) is 4.27. The third-order valence-electron chi connectivity index (χ3n) is 2.26. The quantitative estimate of drug-likeness (QED) is 0.812. The van der Waals surface area contributed by atoms with Crippen molar-refractivity contribution in [3.8, 4) is 6.07 Å². The lowest BCUT2D eigenvalue weighted by molar-refractivity contribution is 0.786. The Labute approximate surface area is 97.9 Å². The minimum Gasteiger partial charge on any atom is -0.359 e. The smallest absolute Gasteiger partial charge is 0.196 e. The van der Waals surface area contributed by atoms with Crippen LogP contribution in [-0.2, 0) is 0 Å². The average molecular weight is 229 g/mol. The number of aryl methyl sites for hydroxylation is 1. The summed E-state index contributed by atoms with van der Waals surface area (Å²) in [6.45, 7) is 3.74. The number of pyridine rings is 1. The molecule has 2 N–H and O–H groups in total. The third kappa shape index (κ3) is 2.36. The number of anilines is 1. The van der Waals surface area contributed by atoms with Crippen LogP contribution in [0, 0.1) is 18.3 Å². The van der Waals surface area contributed by atoms with Crippen molar-refractivity contribution in [2.24, 2.45) is 0 Å². The molecule has 1 unspecified atom stereocenters. The van der Waals surface area contributed by atoms with E-state index in [-0.39, 0.29) is 6.04 Å². The van der Waals surface area contributed by atoms with Crippen molar-refractivity contribution in [2.45, 2.75) is 19.9 Å². The number of hydrogen-bond acceptors (Lipinski definition) is 6. The number of aromatic amines is 1. The van der Waals surface area contributed by atoms with Gasteiger partial charge in [-0.25, -0.2) is 4.98 Å². The van der Waals surface area contributed by atoms with Crippen molar-refractivity contribution >= 4 is 5.82 Å². The molecule has 0 amide bonds. The first-order chi connectivity index (χ1) is 8.20. The van der Waals surface area contributed by atoms with E-state index in [4.69, 9.17) is 5.26 Å². The fourth-order valence-electron chi connectivity index (χ4n) is 1.38. The second kappa shape index (κ2) is 4.57. The van der Waals surface area contributed by atoms with Gasteiger partial charge < -0.3 is 5.32 Å². The van der Waals surface area contributed by atoms with Gasteiger partial charge in [0.2, 0.25) is 0 Å². The molecule has 0 saturated heterocycles. The minimum atomic E-state index is -0.171. The van der Waals surface area contributed by atoms with Crippen LogP contribution in [0.4, 0.5) is 5.82 Å². The lowest BCUT2D eigenvalue weighted by Crippen LogP contribution is -2.11. The van der Waals surface area contributed by atoms with E-state index in [1.807, 2.05) is 13.8 Å². The predicted octanol–water partition coefficient (Wildman–Crippen LogP) is 0.948. The zero-order valence-corrected chi connectivity index (χ0v) is 9.47. The molecule has 1 atom stereocenters. The highest BCUT2D eigenvalue weighted by atomic mass is 15.5. The highest BCUT2D eigenvalue weighted by molar-refractivity contribution is 5.52. The van der Waals surface area contributed by atoms with Gasteiger partial charge in [0.1, 0.15) is 11.9 Å². The summed E-state index contributed by atoms with van der Waals surface area (Å²) in [5, 5.41) is 25.7. The van der Waals surface area contributed by atoms with Gasteiger partial charge in [0.15, 0.2) is 5.82 Å². The number of nitrogens with one attached hydrogen (secondary N) is 2. The molecule has 0 spiro atoms.